The lowest BCUT2D eigenvalue weighted by Crippen LogP contribution is -2.51. The number of ether oxygens (including phenoxy) is 1. The number of rotatable bonds is 6. The van der Waals surface area contributed by atoms with E-state index < -0.39 is 0 Å². The maximum atomic E-state index is 6.23. The first-order valence-corrected chi connectivity index (χ1v) is 10.5. The third-order valence-corrected chi connectivity index (χ3v) is 5.58. The Labute approximate surface area is 174 Å². The zero-order valence-corrected chi connectivity index (χ0v) is 17.0. The van der Waals surface area contributed by atoms with Crippen molar-refractivity contribution < 1.29 is 4.74 Å². The monoisotopic (exact) mass is 408 g/mol. The summed E-state index contributed by atoms with van der Waals surface area (Å²) < 4.78 is 5.79. The Bertz CT molecular complexity index is 923. The summed E-state index contributed by atoms with van der Waals surface area (Å²) in [6.07, 6.45) is 3.59. The van der Waals surface area contributed by atoms with E-state index in [2.05, 4.69) is 24.8 Å². The number of aromatic nitrogens is 2. The van der Waals surface area contributed by atoms with Gasteiger partial charge in [0.25, 0.3) is 0 Å². The number of nitrogens with two attached hydrogens (primary N) is 1. The summed E-state index contributed by atoms with van der Waals surface area (Å²) in [4.78, 5) is 17.6. The maximum absolute atomic E-state index is 6.23. The van der Waals surface area contributed by atoms with Crippen LogP contribution in [0.15, 0.2) is 65.2 Å². The lowest BCUT2D eigenvalue weighted by Gasteiger charge is -2.35. The Kier molecular flexibility index (Phi) is 6.21. The highest BCUT2D eigenvalue weighted by Crippen LogP contribution is 2.19. The van der Waals surface area contributed by atoms with Crippen molar-refractivity contribution in [2.75, 3.05) is 31.1 Å². The molecule has 1 fully saturated rings. The van der Waals surface area contributed by atoms with Gasteiger partial charge in [0.15, 0.2) is 11.1 Å². The lowest BCUT2D eigenvalue weighted by atomic mass is 10.2. The Hall–Kier alpha value is -3.13. The number of guanidine groups is 1. The van der Waals surface area contributed by atoms with E-state index in [1.54, 1.807) is 17.5 Å². The predicted molar refractivity (Wildman–Crippen MR) is 116 cm³/mol. The van der Waals surface area contributed by atoms with Crippen molar-refractivity contribution in [2.45, 2.75) is 13.2 Å². The minimum absolute atomic E-state index is 0.492. The highest BCUT2D eigenvalue weighted by atomic mass is 32.1. The minimum atomic E-state index is 0.492. The Balaban J connectivity index is 1.29. The summed E-state index contributed by atoms with van der Waals surface area (Å²) in [5, 5.41) is 3.07. The number of anilines is 1. The van der Waals surface area contributed by atoms with Crippen LogP contribution < -0.4 is 15.4 Å². The Morgan fingerprint density at radius 1 is 1.03 bits per heavy atom. The number of benzene rings is 1. The normalized spacial score (nSPS) is 14.8. The zero-order valence-electron chi connectivity index (χ0n) is 16.1. The maximum Gasteiger partial charge on any atom is 0.213 e. The van der Waals surface area contributed by atoms with Gasteiger partial charge in [-0.3, -0.25) is 0 Å². The molecule has 0 aliphatic carbocycles. The first kappa shape index (κ1) is 19.2. The van der Waals surface area contributed by atoms with Crippen molar-refractivity contribution in [1.82, 2.24) is 14.9 Å². The van der Waals surface area contributed by atoms with E-state index in [-0.39, 0.29) is 0 Å². The zero-order chi connectivity index (χ0) is 19.9. The quantitative estimate of drug-likeness (QED) is 0.499. The van der Waals surface area contributed by atoms with Crippen molar-refractivity contribution in [1.29, 1.82) is 0 Å². The van der Waals surface area contributed by atoms with Crippen LogP contribution in [0.2, 0.25) is 0 Å². The second kappa shape index (κ2) is 9.38. The van der Waals surface area contributed by atoms with Crippen LogP contribution >= 0.6 is 11.3 Å². The average molecular weight is 409 g/mol. The molecular weight excluding hydrogens is 384 g/mol. The number of hydrogen-bond donors (Lipinski definition) is 1. The van der Waals surface area contributed by atoms with Crippen LogP contribution in [-0.4, -0.2) is 47.0 Å². The van der Waals surface area contributed by atoms with Gasteiger partial charge in [-0.1, -0.05) is 30.3 Å². The molecule has 0 atom stereocenters. The number of thiazole rings is 1. The van der Waals surface area contributed by atoms with E-state index >= 15 is 0 Å². The molecule has 29 heavy (non-hydrogen) atoms. The molecule has 0 amide bonds. The van der Waals surface area contributed by atoms with Gasteiger partial charge >= 0.3 is 0 Å². The number of nitrogens with zero attached hydrogens (tertiary/aromatic N) is 5. The number of pyridine rings is 1. The van der Waals surface area contributed by atoms with Gasteiger partial charge in [0.2, 0.25) is 5.88 Å². The van der Waals surface area contributed by atoms with Crippen molar-refractivity contribution in [3.05, 3.63) is 71.4 Å². The molecule has 0 unspecified atom stereocenters. The van der Waals surface area contributed by atoms with Crippen LogP contribution in [0.5, 0.6) is 5.88 Å². The van der Waals surface area contributed by atoms with E-state index in [1.165, 1.54) is 0 Å². The van der Waals surface area contributed by atoms with Crippen LogP contribution in [0.4, 0.5) is 5.13 Å². The fourth-order valence-corrected chi connectivity index (χ4v) is 3.83. The molecule has 1 aliphatic rings. The third-order valence-electron chi connectivity index (χ3n) is 4.75. The van der Waals surface area contributed by atoms with Crippen molar-refractivity contribution in [2.24, 2.45) is 10.7 Å². The molecule has 3 heterocycles. The van der Waals surface area contributed by atoms with Gasteiger partial charge in [0.05, 0.1) is 6.54 Å². The summed E-state index contributed by atoms with van der Waals surface area (Å²) >= 11 is 1.67. The summed E-state index contributed by atoms with van der Waals surface area (Å²) in [7, 11) is 0. The van der Waals surface area contributed by atoms with Crippen molar-refractivity contribution in [3.63, 3.8) is 0 Å². The van der Waals surface area contributed by atoms with E-state index in [0.29, 0.717) is 25.0 Å². The summed E-state index contributed by atoms with van der Waals surface area (Å²) in [6.45, 7) is 4.48. The molecule has 8 heteroatoms. The fraction of sp³-hybridized carbons (Fsp3) is 0.286. The highest BCUT2D eigenvalue weighted by Gasteiger charge is 2.19. The van der Waals surface area contributed by atoms with Gasteiger partial charge in [0.1, 0.15) is 6.61 Å². The average Bonchev–Trinajstić information content (AvgIpc) is 3.32. The molecule has 7 nitrogen and oxygen atoms in total. The van der Waals surface area contributed by atoms with Crippen LogP contribution in [0.25, 0.3) is 0 Å². The second-order valence-corrected chi connectivity index (χ2v) is 7.61. The van der Waals surface area contributed by atoms with E-state index in [1.807, 2.05) is 54.0 Å². The molecular formula is C21H24N6OS. The highest BCUT2D eigenvalue weighted by molar-refractivity contribution is 7.13. The first-order chi connectivity index (χ1) is 14.3. The molecule has 2 N–H and O–H groups in total. The summed E-state index contributed by atoms with van der Waals surface area (Å²) in [5.41, 5.74) is 8.36. The van der Waals surface area contributed by atoms with Crippen LogP contribution in [0.1, 0.15) is 11.1 Å². The molecule has 2 aromatic heterocycles. The number of hydrogen-bond acceptors (Lipinski definition) is 6. The SMILES string of the molecule is NC(=NCc1ccnc(OCc2ccccc2)c1)N1CCN(c2nccs2)CC1. The van der Waals surface area contributed by atoms with Crippen LogP contribution in [0, 0.1) is 0 Å². The molecule has 150 valence electrons. The van der Waals surface area contributed by atoms with Gasteiger partial charge < -0.3 is 20.3 Å². The standard InChI is InChI=1S/C21H24N6OS/c22-20(26-9-11-27(12-10-26)21-24-8-13-29-21)25-15-18-6-7-23-19(14-18)28-16-17-4-2-1-3-5-17/h1-8,13-14H,9-12,15-16H2,(H2,22,25). The largest absolute Gasteiger partial charge is 0.473 e. The van der Waals surface area contributed by atoms with Gasteiger partial charge in [-0.25, -0.2) is 15.0 Å². The number of aliphatic imine (C=N–C) groups is 1. The molecule has 0 spiro atoms. The summed E-state index contributed by atoms with van der Waals surface area (Å²) in [6, 6.07) is 13.9. The Morgan fingerprint density at radius 2 is 1.86 bits per heavy atom. The molecule has 1 aliphatic heterocycles. The molecule has 0 bridgehead atoms. The molecule has 4 rings (SSSR count). The van der Waals surface area contributed by atoms with Crippen LogP contribution in [-0.2, 0) is 13.2 Å². The van der Waals surface area contributed by atoms with Gasteiger partial charge in [-0.15, -0.1) is 11.3 Å². The lowest BCUT2D eigenvalue weighted by molar-refractivity contribution is 0.293. The molecule has 0 saturated carbocycles. The molecule has 0 radical (unpaired) electrons. The fourth-order valence-electron chi connectivity index (χ4n) is 3.13. The molecule has 3 aromatic rings. The van der Waals surface area contributed by atoms with E-state index in [4.69, 9.17) is 10.5 Å². The third kappa shape index (κ3) is 5.23. The minimum Gasteiger partial charge on any atom is -0.473 e. The van der Waals surface area contributed by atoms with Gasteiger partial charge in [-0.05, 0) is 17.2 Å². The van der Waals surface area contributed by atoms with Gasteiger partial charge in [0, 0.05) is 50.0 Å². The predicted octanol–water partition coefficient (Wildman–Crippen LogP) is 2.75. The topological polar surface area (TPSA) is 79.9 Å². The van der Waals surface area contributed by atoms with E-state index in [9.17, 15) is 0 Å². The second-order valence-electron chi connectivity index (χ2n) is 6.74. The van der Waals surface area contributed by atoms with Crippen molar-refractivity contribution >= 4 is 22.4 Å². The molecule has 1 aromatic carbocycles. The molecule has 1 saturated heterocycles. The number of piperazine rings is 1. The Morgan fingerprint density at radius 3 is 2.62 bits per heavy atom. The van der Waals surface area contributed by atoms with Crippen LogP contribution in [0.3, 0.4) is 0 Å². The summed E-state index contributed by atoms with van der Waals surface area (Å²) in [5.74, 6) is 1.17. The first-order valence-electron chi connectivity index (χ1n) is 9.59. The van der Waals surface area contributed by atoms with E-state index in [0.717, 1.165) is 42.4 Å². The smallest absolute Gasteiger partial charge is 0.213 e. The van der Waals surface area contributed by atoms with Gasteiger partial charge in [-0.2, -0.15) is 0 Å². The van der Waals surface area contributed by atoms with Crippen molar-refractivity contribution in [3.8, 4) is 5.88 Å².